The van der Waals surface area contributed by atoms with Crippen LogP contribution in [0.1, 0.15) is 17.2 Å². The zero-order valence-electron chi connectivity index (χ0n) is 12.2. The number of ether oxygens (including phenoxy) is 1. The van der Waals surface area contributed by atoms with Gasteiger partial charge in [0.1, 0.15) is 5.75 Å². The van der Waals surface area contributed by atoms with Gasteiger partial charge in [0.25, 0.3) is 0 Å². The SMILES string of the molecule is C=Cc1c(F)c(F)c(Oc2ccc(C(O)C(F)(F)F)cc2)c(F)c1F. The normalized spacial score (nSPS) is 12.8. The third kappa shape index (κ3) is 3.60. The molecule has 0 radical (unpaired) electrons. The fourth-order valence-corrected chi connectivity index (χ4v) is 1.92. The Morgan fingerprint density at radius 1 is 0.920 bits per heavy atom. The highest BCUT2D eigenvalue weighted by Crippen LogP contribution is 2.36. The summed E-state index contributed by atoms with van der Waals surface area (Å²) < 4.78 is 96.6. The Balaban J connectivity index is 2.37. The second-order valence-corrected chi connectivity index (χ2v) is 4.82. The van der Waals surface area contributed by atoms with Gasteiger partial charge < -0.3 is 9.84 Å². The van der Waals surface area contributed by atoms with Crippen LogP contribution < -0.4 is 4.74 Å². The van der Waals surface area contributed by atoms with Crippen molar-refractivity contribution in [1.29, 1.82) is 0 Å². The molecule has 0 aliphatic rings. The van der Waals surface area contributed by atoms with Crippen LogP contribution >= 0.6 is 0 Å². The first-order valence-electron chi connectivity index (χ1n) is 6.58. The minimum Gasteiger partial charge on any atom is -0.451 e. The molecule has 2 rings (SSSR count). The molecule has 0 amide bonds. The molecule has 0 aliphatic heterocycles. The van der Waals surface area contributed by atoms with E-state index in [1.54, 1.807) is 0 Å². The molecule has 2 nitrogen and oxygen atoms in total. The third-order valence-electron chi connectivity index (χ3n) is 3.19. The lowest BCUT2D eigenvalue weighted by molar-refractivity contribution is -0.206. The summed E-state index contributed by atoms with van der Waals surface area (Å²) in [6, 6.07) is 3.27. The predicted molar refractivity (Wildman–Crippen MR) is 73.9 cm³/mol. The summed E-state index contributed by atoms with van der Waals surface area (Å²) in [5.74, 6) is -8.91. The van der Waals surface area contributed by atoms with Gasteiger partial charge in [0.05, 0.1) is 5.56 Å². The second kappa shape index (κ2) is 6.75. The summed E-state index contributed by atoms with van der Waals surface area (Å²) in [7, 11) is 0. The first-order chi connectivity index (χ1) is 11.6. The second-order valence-electron chi connectivity index (χ2n) is 4.82. The number of aliphatic hydroxyl groups excluding tert-OH is 1. The minimum atomic E-state index is -4.91. The van der Waals surface area contributed by atoms with E-state index in [4.69, 9.17) is 9.84 Å². The highest BCUT2D eigenvalue weighted by Gasteiger charge is 2.39. The monoisotopic (exact) mass is 366 g/mol. The van der Waals surface area contributed by atoms with Crippen molar-refractivity contribution in [2.75, 3.05) is 0 Å². The van der Waals surface area contributed by atoms with Gasteiger partial charge >= 0.3 is 6.18 Å². The summed E-state index contributed by atoms with van der Waals surface area (Å²) in [6.45, 7) is 3.02. The number of alkyl halides is 3. The molecule has 2 aromatic carbocycles. The van der Waals surface area contributed by atoms with Crippen LogP contribution in [0, 0.1) is 23.3 Å². The van der Waals surface area contributed by atoms with Crippen LogP contribution in [0.5, 0.6) is 11.5 Å². The highest BCUT2D eigenvalue weighted by atomic mass is 19.4. The molecule has 0 aromatic heterocycles. The van der Waals surface area contributed by atoms with Crippen LogP contribution in [0.25, 0.3) is 6.08 Å². The molecule has 0 heterocycles. The Hall–Kier alpha value is -2.55. The molecule has 0 aliphatic carbocycles. The molecule has 25 heavy (non-hydrogen) atoms. The van der Waals surface area contributed by atoms with Gasteiger partial charge in [-0.15, -0.1) is 0 Å². The Morgan fingerprint density at radius 3 is 1.80 bits per heavy atom. The van der Waals surface area contributed by atoms with Crippen LogP contribution in [-0.4, -0.2) is 11.3 Å². The first-order valence-corrected chi connectivity index (χ1v) is 6.58. The van der Waals surface area contributed by atoms with E-state index >= 15 is 0 Å². The maximum Gasteiger partial charge on any atom is 0.418 e. The Bertz CT molecular complexity index is 769. The van der Waals surface area contributed by atoms with E-state index in [1.807, 2.05) is 0 Å². The lowest BCUT2D eigenvalue weighted by Crippen LogP contribution is -2.19. The van der Waals surface area contributed by atoms with E-state index in [0.717, 1.165) is 24.3 Å². The molecular formula is C16H9F7O2. The largest absolute Gasteiger partial charge is 0.451 e. The Morgan fingerprint density at radius 2 is 1.40 bits per heavy atom. The standard InChI is InChI=1S/C16H9F7O2/c1-2-9-10(17)12(19)14(13(20)11(9)18)25-8-5-3-7(4-6-8)15(24)16(21,22)23/h2-6,15,24H,1H2. The molecule has 0 saturated carbocycles. The van der Waals surface area contributed by atoms with Gasteiger partial charge in [0.2, 0.25) is 17.4 Å². The number of hydrogen-bond donors (Lipinski definition) is 1. The van der Waals surface area contributed by atoms with Crippen molar-refractivity contribution in [3.8, 4) is 11.5 Å². The number of benzene rings is 2. The summed E-state index contributed by atoms with van der Waals surface area (Å²) in [6.07, 6.45) is -7.10. The molecule has 1 unspecified atom stereocenters. The zero-order chi connectivity index (χ0) is 18.9. The van der Waals surface area contributed by atoms with Crippen molar-refractivity contribution >= 4 is 6.08 Å². The van der Waals surface area contributed by atoms with Crippen molar-refractivity contribution in [1.82, 2.24) is 0 Å². The Labute approximate surface area is 136 Å². The van der Waals surface area contributed by atoms with Crippen LogP contribution in [0.4, 0.5) is 30.7 Å². The lowest BCUT2D eigenvalue weighted by atomic mass is 10.1. The van der Waals surface area contributed by atoms with Gasteiger partial charge in [-0.25, -0.2) is 8.78 Å². The molecule has 134 valence electrons. The first kappa shape index (κ1) is 18.8. The molecule has 9 heteroatoms. The van der Waals surface area contributed by atoms with Crippen molar-refractivity contribution in [2.24, 2.45) is 0 Å². The summed E-state index contributed by atoms with van der Waals surface area (Å²) in [5, 5.41) is 9.06. The van der Waals surface area contributed by atoms with Gasteiger partial charge in [-0.05, 0) is 17.7 Å². The minimum absolute atomic E-state index is 0.402. The zero-order valence-corrected chi connectivity index (χ0v) is 12.2. The van der Waals surface area contributed by atoms with Gasteiger partial charge in [-0.3, -0.25) is 0 Å². The number of hydrogen-bond acceptors (Lipinski definition) is 2. The average Bonchev–Trinajstić information content (AvgIpc) is 2.56. The van der Waals surface area contributed by atoms with E-state index in [0.29, 0.717) is 6.08 Å². The highest BCUT2D eigenvalue weighted by molar-refractivity contribution is 5.52. The quantitative estimate of drug-likeness (QED) is 0.590. The van der Waals surface area contributed by atoms with Crippen molar-refractivity contribution < 1.29 is 40.6 Å². The van der Waals surface area contributed by atoms with Gasteiger partial charge in [-0.1, -0.05) is 24.8 Å². The molecular weight excluding hydrogens is 357 g/mol. The van der Waals surface area contributed by atoms with Crippen molar-refractivity contribution in [3.63, 3.8) is 0 Å². The summed E-state index contributed by atoms with van der Waals surface area (Å²) >= 11 is 0. The van der Waals surface area contributed by atoms with Crippen LogP contribution in [0.3, 0.4) is 0 Å². The van der Waals surface area contributed by atoms with Crippen molar-refractivity contribution in [2.45, 2.75) is 12.3 Å². The molecule has 1 N–H and O–H groups in total. The van der Waals surface area contributed by atoms with Crippen LogP contribution in [0.15, 0.2) is 30.8 Å². The average molecular weight is 366 g/mol. The number of halogens is 7. The van der Waals surface area contributed by atoms with Gasteiger partial charge in [0, 0.05) is 0 Å². The topological polar surface area (TPSA) is 29.5 Å². The molecule has 0 spiro atoms. The molecule has 0 bridgehead atoms. The molecule has 0 saturated heterocycles. The molecule has 1 atom stereocenters. The lowest BCUT2D eigenvalue weighted by Gasteiger charge is -2.15. The van der Waals surface area contributed by atoms with Gasteiger partial charge in [-0.2, -0.15) is 22.0 Å². The summed E-state index contributed by atoms with van der Waals surface area (Å²) in [4.78, 5) is 0. The van der Waals surface area contributed by atoms with E-state index < -0.39 is 58.2 Å². The smallest absolute Gasteiger partial charge is 0.418 e. The van der Waals surface area contributed by atoms with E-state index in [9.17, 15) is 30.7 Å². The maximum absolute atomic E-state index is 13.8. The molecule has 0 fully saturated rings. The van der Waals surface area contributed by atoms with Crippen LogP contribution in [0.2, 0.25) is 0 Å². The number of rotatable bonds is 4. The third-order valence-corrected chi connectivity index (χ3v) is 3.19. The fourth-order valence-electron chi connectivity index (χ4n) is 1.92. The van der Waals surface area contributed by atoms with E-state index in [2.05, 4.69) is 6.58 Å². The summed E-state index contributed by atoms with van der Waals surface area (Å²) in [5.41, 5.74) is -1.58. The van der Waals surface area contributed by atoms with Crippen molar-refractivity contribution in [3.05, 3.63) is 65.2 Å². The van der Waals surface area contributed by atoms with Gasteiger partial charge in [0.15, 0.2) is 17.7 Å². The Kier molecular flexibility index (Phi) is 5.07. The van der Waals surface area contributed by atoms with E-state index in [-0.39, 0.29) is 0 Å². The fraction of sp³-hybridized carbons (Fsp3) is 0.125. The van der Waals surface area contributed by atoms with Crippen LogP contribution in [-0.2, 0) is 0 Å². The predicted octanol–water partition coefficient (Wildman–Crippen LogP) is 5.27. The maximum atomic E-state index is 13.8. The van der Waals surface area contributed by atoms with E-state index in [1.165, 1.54) is 0 Å². The molecule has 2 aromatic rings. The number of aliphatic hydroxyl groups is 1.